The quantitative estimate of drug-likeness (QED) is 0.816. The molecule has 1 rings (SSSR count). The minimum atomic E-state index is 0.568. The average molecular weight is 283 g/mol. The fourth-order valence-corrected chi connectivity index (χ4v) is 1.58. The van der Waals surface area contributed by atoms with Gasteiger partial charge < -0.3 is 10.1 Å². The third-order valence-corrected chi connectivity index (χ3v) is 2.52. The van der Waals surface area contributed by atoms with Crippen LogP contribution in [0.4, 0.5) is 0 Å². The van der Waals surface area contributed by atoms with Gasteiger partial charge in [0.1, 0.15) is 18.4 Å². The smallest absolute Gasteiger partial charge is 0.138 e. The van der Waals surface area contributed by atoms with Gasteiger partial charge in [-0.15, -0.1) is 0 Å². The van der Waals surface area contributed by atoms with Gasteiger partial charge in [-0.3, -0.25) is 0 Å². The van der Waals surface area contributed by atoms with Crippen LogP contribution in [0.5, 0.6) is 5.75 Å². The Balaban J connectivity index is 2.46. The Morgan fingerprint density at radius 3 is 2.94 bits per heavy atom. The van der Waals surface area contributed by atoms with Gasteiger partial charge in [-0.1, -0.05) is 22.9 Å². The zero-order valence-corrected chi connectivity index (χ0v) is 10.9. The maximum Gasteiger partial charge on any atom is 0.138 e. The SMILES string of the molecule is CCCNCCOc1cc(Br)ccc1C#N. The Bertz CT molecular complexity index is 374. The Labute approximate surface area is 105 Å². The first-order valence-electron chi connectivity index (χ1n) is 5.31. The zero-order valence-electron chi connectivity index (χ0n) is 9.29. The summed E-state index contributed by atoms with van der Waals surface area (Å²) in [5, 5.41) is 12.1. The van der Waals surface area contributed by atoms with E-state index in [1.54, 1.807) is 6.07 Å². The highest BCUT2D eigenvalue weighted by Gasteiger charge is 2.03. The molecule has 0 aliphatic rings. The number of benzene rings is 1. The summed E-state index contributed by atoms with van der Waals surface area (Å²) in [6.07, 6.45) is 1.11. The molecule has 86 valence electrons. The molecule has 0 radical (unpaired) electrons. The largest absolute Gasteiger partial charge is 0.491 e. The van der Waals surface area contributed by atoms with E-state index in [0.29, 0.717) is 17.9 Å². The molecule has 1 aromatic carbocycles. The summed E-state index contributed by atoms with van der Waals surface area (Å²) in [5.41, 5.74) is 0.568. The molecule has 0 aliphatic heterocycles. The van der Waals surface area contributed by atoms with Gasteiger partial charge >= 0.3 is 0 Å². The normalized spacial score (nSPS) is 9.81. The summed E-state index contributed by atoms with van der Waals surface area (Å²) in [4.78, 5) is 0. The van der Waals surface area contributed by atoms with Crippen molar-refractivity contribution >= 4 is 15.9 Å². The van der Waals surface area contributed by atoms with E-state index in [9.17, 15) is 0 Å². The van der Waals surface area contributed by atoms with Gasteiger partial charge in [0.15, 0.2) is 0 Å². The van der Waals surface area contributed by atoms with Crippen LogP contribution in [-0.2, 0) is 0 Å². The average Bonchev–Trinajstić information content (AvgIpc) is 2.29. The lowest BCUT2D eigenvalue weighted by Crippen LogP contribution is -2.21. The van der Waals surface area contributed by atoms with Crippen LogP contribution >= 0.6 is 15.9 Å². The topological polar surface area (TPSA) is 45.0 Å². The number of rotatable bonds is 6. The van der Waals surface area contributed by atoms with Crippen molar-refractivity contribution in [3.63, 3.8) is 0 Å². The lowest BCUT2D eigenvalue weighted by atomic mass is 10.2. The lowest BCUT2D eigenvalue weighted by molar-refractivity contribution is 0.313. The highest BCUT2D eigenvalue weighted by molar-refractivity contribution is 9.10. The van der Waals surface area contributed by atoms with Gasteiger partial charge in [0, 0.05) is 11.0 Å². The van der Waals surface area contributed by atoms with Gasteiger partial charge in [-0.2, -0.15) is 5.26 Å². The molecule has 0 aromatic heterocycles. The molecule has 0 aliphatic carbocycles. The number of nitrogens with one attached hydrogen (secondary N) is 1. The fourth-order valence-electron chi connectivity index (χ4n) is 1.24. The van der Waals surface area contributed by atoms with Gasteiger partial charge in [-0.05, 0) is 31.2 Å². The number of hydrogen-bond acceptors (Lipinski definition) is 3. The van der Waals surface area contributed by atoms with Crippen LogP contribution < -0.4 is 10.1 Å². The second kappa shape index (κ2) is 7.26. The number of halogens is 1. The molecule has 0 amide bonds. The highest BCUT2D eigenvalue weighted by atomic mass is 79.9. The van der Waals surface area contributed by atoms with Crippen LogP contribution in [0.3, 0.4) is 0 Å². The van der Waals surface area contributed by atoms with Crippen molar-refractivity contribution in [2.75, 3.05) is 19.7 Å². The first kappa shape index (κ1) is 13.0. The molecule has 0 saturated carbocycles. The van der Waals surface area contributed by atoms with E-state index in [4.69, 9.17) is 10.00 Å². The van der Waals surface area contributed by atoms with Gasteiger partial charge in [0.05, 0.1) is 5.56 Å². The third kappa shape index (κ3) is 4.21. The van der Waals surface area contributed by atoms with E-state index in [1.807, 2.05) is 12.1 Å². The summed E-state index contributed by atoms with van der Waals surface area (Å²) >= 11 is 3.35. The minimum absolute atomic E-state index is 0.568. The molecule has 16 heavy (non-hydrogen) atoms. The maximum absolute atomic E-state index is 8.89. The molecule has 0 unspecified atom stereocenters. The minimum Gasteiger partial charge on any atom is -0.491 e. The van der Waals surface area contributed by atoms with Gasteiger partial charge in [0.2, 0.25) is 0 Å². The molecule has 1 N–H and O–H groups in total. The monoisotopic (exact) mass is 282 g/mol. The summed E-state index contributed by atoms with van der Waals surface area (Å²) in [7, 11) is 0. The van der Waals surface area contributed by atoms with Crippen LogP contribution in [0.15, 0.2) is 22.7 Å². The van der Waals surface area contributed by atoms with E-state index < -0.39 is 0 Å². The number of ether oxygens (including phenoxy) is 1. The second-order valence-corrected chi connectivity index (χ2v) is 4.27. The molecule has 0 saturated heterocycles. The fraction of sp³-hybridized carbons (Fsp3) is 0.417. The zero-order chi connectivity index (χ0) is 11.8. The van der Waals surface area contributed by atoms with Crippen molar-refractivity contribution in [2.45, 2.75) is 13.3 Å². The molecule has 0 heterocycles. The standard InChI is InChI=1S/C12H15BrN2O/c1-2-5-15-6-7-16-12-8-11(13)4-3-10(12)9-14/h3-4,8,15H,2,5-7H2,1H3. The van der Waals surface area contributed by atoms with Crippen molar-refractivity contribution in [1.82, 2.24) is 5.32 Å². The van der Waals surface area contributed by atoms with E-state index in [-0.39, 0.29) is 0 Å². The maximum atomic E-state index is 8.89. The molecule has 3 nitrogen and oxygen atoms in total. The lowest BCUT2D eigenvalue weighted by Gasteiger charge is -2.08. The molecule has 0 fully saturated rings. The second-order valence-electron chi connectivity index (χ2n) is 3.35. The predicted molar refractivity (Wildman–Crippen MR) is 67.5 cm³/mol. The van der Waals surface area contributed by atoms with E-state index >= 15 is 0 Å². The molecule has 0 bridgehead atoms. The summed E-state index contributed by atoms with van der Waals surface area (Å²) in [5.74, 6) is 0.634. The first-order valence-corrected chi connectivity index (χ1v) is 6.10. The van der Waals surface area contributed by atoms with Crippen LogP contribution in [0.2, 0.25) is 0 Å². The van der Waals surface area contributed by atoms with Crippen LogP contribution in [-0.4, -0.2) is 19.7 Å². The van der Waals surface area contributed by atoms with E-state index in [0.717, 1.165) is 24.0 Å². The molecule has 4 heteroatoms. The summed E-state index contributed by atoms with van der Waals surface area (Å²) in [6.45, 7) is 4.49. The molecule has 1 aromatic rings. The molecule has 0 atom stereocenters. The molecule has 0 spiro atoms. The van der Waals surface area contributed by atoms with Crippen molar-refractivity contribution in [3.05, 3.63) is 28.2 Å². The number of hydrogen-bond donors (Lipinski definition) is 1. The Morgan fingerprint density at radius 1 is 1.44 bits per heavy atom. The van der Waals surface area contributed by atoms with Crippen molar-refractivity contribution in [1.29, 1.82) is 5.26 Å². The van der Waals surface area contributed by atoms with E-state index in [2.05, 4.69) is 34.2 Å². The Kier molecular flexibility index (Phi) is 5.91. The molecular formula is C12H15BrN2O. The number of nitriles is 1. The van der Waals surface area contributed by atoms with Crippen molar-refractivity contribution in [3.8, 4) is 11.8 Å². The predicted octanol–water partition coefficient (Wildman–Crippen LogP) is 2.70. The van der Waals surface area contributed by atoms with E-state index in [1.165, 1.54) is 0 Å². The van der Waals surface area contributed by atoms with Crippen molar-refractivity contribution < 1.29 is 4.74 Å². The van der Waals surface area contributed by atoms with Crippen LogP contribution in [0.1, 0.15) is 18.9 Å². The summed E-state index contributed by atoms with van der Waals surface area (Å²) < 4.78 is 6.46. The Morgan fingerprint density at radius 2 is 2.25 bits per heavy atom. The summed E-state index contributed by atoms with van der Waals surface area (Å²) in [6, 6.07) is 7.51. The third-order valence-electron chi connectivity index (χ3n) is 2.03. The Hall–Kier alpha value is -1.05. The van der Waals surface area contributed by atoms with Gasteiger partial charge in [0.25, 0.3) is 0 Å². The highest BCUT2D eigenvalue weighted by Crippen LogP contribution is 2.22. The molecular weight excluding hydrogens is 268 g/mol. The van der Waals surface area contributed by atoms with Gasteiger partial charge in [-0.25, -0.2) is 0 Å². The first-order chi connectivity index (χ1) is 7.77. The van der Waals surface area contributed by atoms with Crippen LogP contribution in [0.25, 0.3) is 0 Å². The number of nitrogens with zero attached hydrogens (tertiary/aromatic N) is 1. The van der Waals surface area contributed by atoms with Crippen molar-refractivity contribution in [2.24, 2.45) is 0 Å². The van der Waals surface area contributed by atoms with Crippen LogP contribution in [0, 0.1) is 11.3 Å².